The summed E-state index contributed by atoms with van der Waals surface area (Å²) in [6.45, 7) is 8.67. The summed E-state index contributed by atoms with van der Waals surface area (Å²) < 4.78 is 0. The van der Waals surface area contributed by atoms with Crippen LogP contribution in [0.15, 0.2) is 10.5 Å². The monoisotopic (exact) mass is 241 g/mol. The summed E-state index contributed by atoms with van der Waals surface area (Å²) in [7, 11) is 0. The van der Waals surface area contributed by atoms with Crippen molar-refractivity contribution in [3.63, 3.8) is 0 Å². The quantitative estimate of drug-likeness (QED) is 0.804. The molecule has 0 aromatic rings. The van der Waals surface area contributed by atoms with Crippen LogP contribution in [0.4, 0.5) is 0 Å². The molecule has 0 radical (unpaired) electrons. The summed E-state index contributed by atoms with van der Waals surface area (Å²) in [4.78, 5) is 3.46. The van der Waals surface area contributed by atoms with E-state index in [1.54, 1.807) is 11.8 Å². The van der Waals surface area contributed by atoms with Crippen LogP contribution in [0.1, 0.15) is 40.0 Å². The predicted molar refractivity (Wildman–Crippen MR) is 70.4 cm³/mol. The molecule has 1 heterocycles. The molecule has 1 aliphatic carbocycles. The molecule has 0 saturated carbocycles. The number of aliphatic hydroxyl groups is 1. The second-order valence-corrected chi connectivity index (χ2v) is 6.69. The molecule has 2 rings (SSSR count). The van der Waals surface area contributed by atoms with Crippen molar-refractivity contribution in [1.29, 1.82) is 0 Å². The number of hydrogen-bond acceptors (Lipinski definition) is 3. The molecule has 0 aromatic heterocycles. The standard InChI is InChI=1S/C13H23NOS/c1-12(2,3)10-11(16-4)13(10,15)14-8-6-5-7-9-14/h15H,5-9H2,1-4H3. The van der Waals surface area contributed by atoms with Crippen molar-refractivity contribution >= 4 is 11.8 Å². The lowest BCUT2D eigenvalue weighted by Crippen LogP contribution is -2.45. The van der Waals surface area contributed by atoms with E-state index in [2.05, 4.69) is 31.9 Å². The van der Waals surface area contributed by atoms with Gasteiger partial charge in [0.05, 0.1) is 0 Å². The van der Waals surface area contributed by atoms with Gasteiger partial charge in [-0.25, -0.2) is 0 Å². The maximum atomic E-state index is 10.8. The van der Waals surface area contributed by atoms with E-state index in [0.717, 1.165) is 13.1 Å². The van der Waals surface area contributed by atoms with Crippen molar-refractivity contribution in [2.24, 2.45) is 5.41 Å². The molecular weight excluding hydrogens is 218 g/mol. The largest absolute Gasteiger partial charge is 0.367 e. The van der Waals surface area contributed by atoms with Gasteiger partial charge in [0.25, 0.3) is 0 Å². The van der Waals surface area contributed by atoms with E-state index in [1.165, 1.54) is 29.7 Å². The minimum Gasteiger partial charge on any atom is -0.367 e. The Bertz CT molecular complexity index is 312. The SMILES string of the molecule is CSC1=C(C(C)(C)C)C1(O)N1CCCCC1. The van der Waals surface area contributed by atoms with Crippen molar-refractivity contribution < 1.29 is 5.11 Å². The molecule has 1 saturated heterocycles. The topological polar surface area (TPSA) is 23.5 Å². The zero-order valence-corrected chi connectivity index (χ0v) is 11.7. The lowest BCUT2D eigenvalue weighted by atomic mass is 9.90. The van der Waals surface area contributed by atoms with Gasteiger partial charge in [-0.2, -0.15) is 0 Å². The Morgan fingerprint density at radius 3 is 2.12 bits per heavy atom. The minimum absolute atomic E-state index is 0.0878. The highest BCUT2D eigenvalue weighted by atomic mass is 32.2. The Morgan fingerprint density at radius 2 is 1.75 bits per heavy atom. The Balaban J connectivity index is 2.16. The molecule has 1 atom stereocenters. The molecule has 3 heteroatoms. The van der Waals surface area contributed by atoms with E-state index >= 15 is 0 Å². The van der Waals surface area contributed by atoms with Crippen LogP contribution in [0.2, 0.25) is 0 Å². The Labute approximate surface area is 103 Å². The molecule has 1 unspecified atom stereocenters. The van der Waals surface area contributed by atoms with Crippen molar-refractivity contribution in [2.45, 2.75) is 45.8 Å². The first-order valence-electron chi connectivity index (χ1n) is 6.19. The molecule has 0 spiro atoms. The zero-order chi connectivity index (χ0) is 12.0. The molecular formula is C13H23NOS. The average Bonchev–Trinajstić information content (AvgIpc) is 2.87. The molecule has 2 nitrogen and oxygen atoms in total. The van der Waals surface area contributed by atoms with Crippen LogP contribution in [-0.4, -0.2) is 35.1 Å². The second-order valence-electron chi connectivity index (χ2n) is 5.88. The number of nitrogens with zero attached hydrogens (tertiary/aromatic N) is 1. The predicted octanol–water partition coefficient (Wildman–Crippen LogP) is 2.84. The Kier molecular flexibility index (Phi) is 3.15. The Morgan fingerprint density at radius 1 is 1.19 bits per heavy atom. The van der Waals surface area contributed by atoms with Gasteiger partial charge in [0, 0.05) is 23.6 Å². The van der Waals surface area contributed by atoms with E-state index in [-0.39, 0.29) is 5.41 Å². The van der Waals surface area contributed by atoms with Crippen molar-refractivity contribution in [2.75, 3.05) is 19.3 Å². The van der Waals surface area contributed by atoms with Gasteiger partial charge < -0.3 is 5.11 Å². The fourth-order valence-electron chi connectivity index (χ4n) is 2.87. The van der Waals surface area contributed by atoms with Crippen LogP contribution in [0.3, 0.4) is 0 Å². The van der Waals surface area contributed by atoms with E-state index in [9.17, 15) is 5.11 Å². The highest BCUT2D eigenvalue weighted by molar-refractivity contribution is 8.02. The normalized spacial score (nSPS) is 32.1. The van der Waals surface area contributed by atoms with Gasteiger partial charge in [-0.3, -0.25) is 4.90 Å². The third kappa shape index (κ3) is 1.83. The maximum Gasteiger partial charge on any atom is 0.174 e. The van der Waals surface area contributed by atoms with Crippen LogP contribution in [-0.2, 0) is 0 Å². The molecule has 0 bridgehead atoms. The van der Waals surface area contributed by atoms with Gasteiger partial charge in [-0.15, -0.1) is 11.8 Å². The molecule has 0 aromatic carbocycles. The smallest absolute Gasteiger partial charge is 0.174 e. The highest BCUT2D eigenvalue weighted by Crippen LogP contribution is 2.59. The van der Waals surface area contributed by atoms with Gasteiger partial charge in [0.2, 0.25) is 0 Å². The van der Waals surface area contributed by atoms with Crippen molar-refractivity contribution in [3.8, 4) is 0 Å². The first-order chi connectivity index (χ1) is 7.42. The summed E-state index contributed by atoms with van der Waals surface area (Å²) in [6.07, 6.45) is 5.83. The molecule has 2 aliphatic rings. The molecule has 0 amide bonds. The number of hydrogen-bond donors (Lipinski definition) is 1. The number of thioether (sulfide) groups is 1. The summed E-state index contributed by atoms with van der Waals surface area (Å²) in [6, 6.07) is 0. The first-order valence-corrected chi connectivity index (χ1v) is 7.42. The zero-order valence-electron chi connectivity index (χ0n) is 10.8. The second kappa shape index (κ2) is 4.04. The maximum absolute atomic E-state index is 10.8. The summed E-state index contributed by atoms with van der Waals surface area (Å²) in [5.74, 6) is 0. The lowest BCUT2D eigenvalue weighted by Gasteiger charge is -2.35. The van der Waals surface area contributed by atoms with Gasteiger partial charge in [-0.1, -0.05) is 27.2 Å². The highest BCUT2D eigenvalue weighted by Gasteiger charge is 2.59. The van der Waals surface area contributed by atoms with Gasteiger partial charge in [0.1, 0.15) is 0 Å². The van der Waals surface area contributed by atoms with Gasteiger partial charge >= 0.3 is 0 Å². The molecule has 92 valence electrons. The fourth-order valence-corrected chi connectivity index (χ4v) is 3.98. The number of piperidine rings is 1. The van der Waals surface area contributed by atoms with E-state index in [0.29, 0.717) is 0 Å². The molecule has 1 aliphatic heterocycles. The summed E-state index contributed by atoms with van der Waals surface area (Å²) in [5.41, 5.74) is 0.650. The van der Waals surface area contributed by atoms with Crippen LogP contribution < -0.4 is 0 Å². The summed E-state index contributed by atoms with van der Waals surface area (Å²) >= 11 is 1.71. The van der Waals surface area contributed by atoms with Gasteiger partial charge in [-0.05, 0) is 24.5 Å². The van der Waals surface area contributed by atoms with Crippen LogP contribution in [0.25, 0.3) is 0 Å². The van der Waals surface area contributed by atoms with E-state index in [1.807, 2.05) is 0 Å². The van der Waals surface area contributed by atoms with E-state index in [4.69, 9.17) is 0 Å². The minimum atomic E-state index is -0.682. The number of likely N-dealkylation sites (tertiary alicyclic amines) is 1. The van der Waals surface area contributed by atoms with E-state index < -0.39 is 5.72 Å². The third-order valence-corrected chi connectivity index (χ3v) is 4.49. The number of rotatable bonds is 2. The first kappa shape index (κ1) is 12.5. The van der Waals surface area contributed by atoms with Crippen LogP contribution >= 0.6 is 11.8 Å². The van der Waals surface area contributed by atoms with Crippen LogP contribution in [0, 0.1) is 5.41 Å². The van der Waals surface area contributed by atoms with Crippen molar-refractivity contribution in [1.82, 2.24) is 4.90 Å². The molecule has 1 N–H and O–H groups in total. The van der Waals surface area contributed by atoms with Gasteiger partial charge in [0.15, 0.2) is 5.72 Å². The lowest BCUT2D eigenvalue weighted by molar-refractivity contribution is -0.0245. The average molecular weight is 241 g/mol. The van der Waals surface area contributed by atoms with Crippen LogP contribution in [0.5, 0.6) is 0 Å². The fraction of sp³-hybridized carbons (Fsp3) is 0.846. The Hall–Kier alpha value is 0.01000. The molecule has 1 fully saturated rings. The van der Waals surface area contributed by atoms with Crippen molar-refractivity contribution in [3.05, 3.63) is 10.5 Å². The third-order valence-electron chi connectivity index (χ3n) is 3.60. The summed E-state index contributed by atoms with van der Waals surface area (Å²) in [5, 5.41) is 10.8. The molecule has 16 heavy (non-hydrogen) atoms.